The number of benzene rings is 2. The molecule has 0 bridgehead atoms. The van der Waals surface area contributed by atoms with Crippen molar-refractivity contribution in [2.24, 2.45) is 5.92 Å². The SMILES string of the molecule is COC1(C)OC[C@@H]([C@H](C)[C@H](NC(=O)OCC2c3ccccc3-c3ccccc32)C(=O)OC(C)(C)C)OC1(C)OC. The van der Waals surface area contributed by atoms with Crippen LogP contribution in [0.3, 0.4) is 0 Å². The molecule has 40 heavy (non-hydrogen) atoms. The van der Waals surface area contributed by atoms with E-state index in [1.807, 2.05) is 36.4 Å². The highest BCUT2D eigenvalue weighted by Gasteiger charge is 2.55. The van der Waals surface area contributed by atoms with Crippen LogP contribution in [0, 0.1) is 5.92 Å². The first-order chi connectivity index (χ1) is 18.8. The van der Waals surface area contributed by atoms with Crippen molar-refractivity contribution in [3.05, 3.63) is 59.7 Å². The third kappa shape index (κ3) is 5.88. The van der Waals surface area contributed by atoms with Crippen molar-refractivity contribution in [1.29, 1.82) is 0 Å². The number of methoxy groups -OCH3 is 2. The Labute approximate surface area is 236 Å². The number of carbonyl (C=O) groups excluding carboxylic acids is 2. The fraction of sp³-hybridized carbons (Fsp3) is 0.548. The van der Waals surface area contributed by atoms with Gasteiger partial charge in [-0.15, -0.1) is 0 Å². The monoisotopic (exact) mass is 555 g/mol. The summed E-state index contributed by atoms with van der Waals surface area (Å²) in [6, 6.07) is 15.1. The Balaban J connectivity index is 1.50. The van der Waals surface area contributed by atoms with Gasteiger partial charge in [0.05, 0.1) is 12.7 Å². The van der Waals surface area contributed by atoms with Crippen LogP contribution in [0.1, 0.15) is 58.6 Å². The molecule has 0 spiro atoms. The predicted octanol–water partition coefficient (Wildman–Crippen LogP) is 5.01. The highest BCUT2D eigenvalue weighted by atomic mass is 16.8. The standard InChI is InChI=1S/C31H41NO8/c1-19(25-18-38-30(5,35-7)31(6,36-8)39-25)26(27(33)40-29(2,3)4)32-28(34)37-17-24-22-15-11-9-13-20(22)21-14-10-12-16-23(21)24/h9-16,19,24-26H,17-18H2,1-8H3,(H,32,34)/t19-,25-,26-,30?,31?/m0/s1. The molecule has 1 heterocycles. The van der Waals surface area contributed by atoms with Crippen LogP contribution in [0.25, 0.3) is 11.1 Å². The number of amides is 1. The third-order valence-electron chi connectivity index (χ3n) is 7.89. The van der Waals surface area contributed by atoms with Gasteiger partial charge in [0, 0.05) is 26.1 Å². The van der Waals surface area contributed by atoms with Crippen LogP contribution < -0.4 is 5.32 Å². The first-order valence-corrected chi connectivity index (χ1v) is 13.6. The molecule has 1 N–H and O–H groups in total. The van der Waals surface area contributed by atoms with Crippen molar-refractivity contribution in [3.63, 3.8) is 0 Å². The molecule has 0 aromatic heterocycles. The van der Waals surface area contributed by atoms with Crippen LogP contribution >= 0.6 is 0 Å². The average molecular weight is 556 g/mol. The number of esters is 1. The maximum absolute atomic E-state index is 13.3. The highest BCUT2D eigenvalue weighted by Crippen LogP contribution is 2.44. The van der Waals surface area contributed by atoms with Crippen LogP contribution in [0.4, 0.5) is 4.79 Å². The summed E-state index contributed by atoms with van der Waals surface area (Å²) in [7, 11) is 3.00. The number of hydrogen-bond donors (Lipinski definition) is 1. The molecule has 2 aromatic rings. The van der Waals surface area contributed by atoms with E-state index in [0.717, 1.165) is 22.3 Å². The fourth-order valence-electron chi connectivity index (χ4n) is 5.29. The number of fused-ring (bicyclic) bond motifs is 3. The molecule has 1 aliphatic carbocycles. The second-order valence-corrected chi connectivity index (χ2v) is 11.6. The van der Waals surface area contributed by atoms with Gasteiger partial charge in [-0.1, -0.05) is 55.5 Å². The van der Waals surface area contributed by atoms with Gasteiger partial charge in [0.2, 0.25) is 11.6 Å². The van der Waals surface area contributed by atoms with Crippen LogP contribution in [0.5, 0.6) is 0 Å². The van der Waals surface area contributed by atoms with E-state index in [0.29, 0.717) is 0 Å². The van der Waals surface area contributed by atoms with Gasteiger partial charge in [0.25, 0.3) is 0 Å². The molecule has 0 saturated carbocycles. The molecule has 2 aliphatic rings. The van der Waals surface area contributed by atoms with E-state index in [-0.39, 0.29) is 19.1 Å². The quantitative estimate of drug-likeness (QED) is 0.454. The first-order valence-electron chi connectivity index (χ1n) is 13.6. The molecule has 1 amide bonds. The van der Waals surface area contributed by atoms with E-state index in [9.17, 15) is 9.59 Å². The second-order valence-electron chi connectivity index (χ2n) is 11.6. The lowest BCUT2D eigenvalue weighted by atomic mass is 9.93. The van der Waals surface area contributed by atoms with Crippen molar-refractivity contribution >= 4 is 12.1 Å². The molecule has 1 saturated heterocycles. The van der Waals surface area contributed by atoms with Gasteiger partial charge in [0.15, 0.2) is 0 Å². The van der Waals surface area contributed by atoms with Gasteiger partial charge in [0.1, 0.15) is 18.2 Å². The minimum Gasteiger partial charge on any atom is -0.458 e. The minimum absolute atomic E-state index is 0.107. The minimum atomic E-state index is -1.26. The summed E-state index contributed by atoms with van der Waals surface area (Å²) in [4.78, 5) is 26.5. The fourth-order valence-corrected chi connectivity index (χ4v) is 5.29. The van der Waals surface area contributed by atoms with Gasteiger partial charge in [-0.25, -0.2) is 9.59 Å². The smallest absolute Gasteiger partial charge is 0.407 e. The lowest BCUT2D eigenvalue weighted by Gasteiger charge is -2.50. The molecule has 0 radical (unpaired) electrons. The number of hydrogen-bond acceptors (Lipinski definition) is 8. The normalized spacial score (nSPS) is 25.9. The lowest BCUT2D eigenvalue weighted by Crippen LogP contribution is -2.65. The largest absolute Gasteiger partial charge is 0.458 e. The number of ether oxygens (including phenoxy) is 6. The van der Waals surface area contributed by atoms with Gasteiger partial charge in [-0.3, -0.25) is 0 Å². The molecule has 5 atom stereocenters. The zero-order chi connectivity index (χ0) is 29.3. The molecule has 218 valence electrons. The molecule has 1 fully saturated rings. The van der Waals surface area contributed by atoms with Crippen LogP contribution in [0.2, 0.25) is 0 Å². The summed E-state index contributed by atoms with van der Waals surface area (Å²) >= 11 is 0. The van der Waals surface area contributed by atoms with Crippen molar-refractivity contribution in [2.45, 2.75) is 76.8 Å². The molecule has 9 heteroatoms. The maximum atomic E-state index is 13.3. The summed E-state index contributed by atoms with van der Waals surface area (Å²) in [5, 5.41) is 2.75. The van der Waals surface area contributed by atoms with E-state index in [4.69, 9.17) is 28.4 Å². The van der Waals surface area contributed by atoms with Gasteiger partial charge >= 0.3 is 12.1 Å². The summed E-state index contributed by atoms with van der Waals surface area (Å²) in [6.07, 6.45) is -1.35. The second kappa shape index (κ2) is 11.5. The number of rotatable bonds is 8. The van der Waals surface area contributed by atoms with E-state index in [1.54, 1.807) is 41.5 Å². The van der Waals surface area contributed by atoms with Gasteiger partial charge in [-0.2, -0.15) is 0 Å². The van der Waals surface area contributed by atoms with Crippen LogP contribution in [0.15, 0.2) is 48.5 Å². The number of nitrogens with one attached hydrogen (secondary N) is 1. The van der Waals surface area contributed by atoms with Crippen molar-refractivity contribution < 1.29 is 38.0 Å². The third-order valence-corrected chi connectivity index (χ3v) is 7.89. The molecular formula is C31H41NO8. The Bertz CT molecular complexity index is 1180. The molecule has 4 rings (SSSR count). The summed E-state index contributed by atoms with van der Waals surface area (Å²) in [6.45, 7) is 10.7. The Morgan fingerprint density at radius 3 is 2.05 bits per heavy atom. The summed E-state index contributed by atoms with van der Waals surface area (Å²) in [5.74, 6) is -3.71. The van der Waals surface area contributed by atoms with E-state index < -0.39 is 47.3 Å². The van der Waals surface area contributed by atoms with E-state index in [1.165, 1.54) is 14.2 Å². The van der Waals surface area contributed by atoms with Gasteiger partial charge in [-0.05, 0) is 56.9 Å². The number of carbonyl (C=O) groups is 2. The Morgan fingerprint density at radius 1 is 0.975 bits per heavy atom. The Morgan fingerprint density at radius 2 is 1.52 bits per heavy atom. The Kier molecular flexibility index (Phi) is 8.61. The average Bonchev–Trinajstić information content (AvgIpc) is 3.24. The van der Waals surface area contributed by atoms with E-state index >= 15 is 0 Å². The Hall–Kier alpha value is -2.98. The molecule has 1 aliphatic heterocycles. The predicted molar refractivity (Wildman–Crippen MR) is 149 cm³/mol. The van der Waals surface area contributed by atoms with Crippen LogP contribution in [-0.4, -0.2) is 68.8 Å². The van der Waals surface area contributed by atoms with Crippen molar-refractivity contribution in [2.75, 3.05) is 27.4 Å². The van der Waals surface area contributed by atoms with Crippen LogP contribution in [-0.2, 0) is 33.2 Å². The maximum Gasteiger partial charge on any atom is 0.407 e. The molecule has 2 unspecified atom stereocenters. The molecular weight excluding hydrogens is 514 g/mol. The van der Waals surface area contributed by atoms with E-state index in [2.05, 4.69) is 17.4 Å². The summed E-state index contributed by atoms with van der Waals surface area (Å²) in [5.41, 5.74) is 3.69. The number of alkyl carbamates (subject to hydrolysis) is 1. The van der Waals surface area contributed by atoms with Gasteiger partial charge < -0.3 is 33.7 Å². The van der Waals surface area contributed by atoms with Crippen molar-refractivity contribution in [1.82, 2.24) is 5.32 Å². The molecule has 9 nitrogen and oxygen atoms in total. The first kappa shape index (κ1) is 30.0. The van der Waals surface area contributed by atoms with Crippen molar-refractivity contribution in [3.8, 4) is 11.1 Å². The zero-order valence-corrected chi connectivity index (χ0v) is 24.6. The zero-order valence-electron chi connectivity index (χ0n) is 24.6. The molecule has 2 aromatic carbocycles. The summed E-state index contributed by atoms with van der Waals surface area (Å²) < 4.78 is 34.8. The topological polar surface area (TPSA) is 102 Å². The lowest BCUT2D eigenvalue weighted by molar-refractivity contribution is -0.435. The highest BCUT2D eigenvalue weighted by molar-refractivity contribution is 5.82.